The molecule has 2 aromatic rings. The lowest BCUT2D eigenvalue weighted by Gasteiger charge is -2.30. The van der Waals surface area contributed by atoms with Crippen LogP contribution in [0.25, 0.3) is 0 Å². The minimum Gasteiger partial charge on any atom is -0.349 e. The number of thioether (sulfide) groups is 2. The van der Waals surface area contributed by atoms with Gasteiger partial charge < -0.3 is 4.90 Å². The van der Waals surface area contributed by atoms with Gasteiger partial charge in [0.25, 0.3) is 28.2 Å². The summed E-state index contributed by atoms with van der Waals surface area (Å²) in [5, 5.41) is -1.75. The van der Waals surface area contributed by atoms with E-state index in [1.165, 1.54) is 0 Å². The molecule has 10 nitrogen and oxygen atoms in total. The van der Waals surface area contributed by atoms with Crippen LogP contribution in [0.5, 0.6) is 0 Å². The van der Waals surface area contributed by atoms with E-state index in [0.29, 0.717) is 16.8 Å². The van der Waals surface area contributed by atoms with Crippen molar-refractivity contribution in [3.63, 3.8) is 0 Å². The van der Waals surface area contributed by atoms with E-state index in [4.69, 9.17) is 0 Å². The van der Waals surface area contributed by atoms with Gasteiger partial charge in [-0.15, -0.1) is 0 Å². The molecule has 0 bridgehead atoms. The average molecular weight is 539 g/mol. The average Bonchev–Trinajstić information content (AvgIpc) is 3.44. The summed E-state index contributed by atoms with van der Waals surface area (Å²) in [6.07, 6.45) is 0. The molecule has 3 heterocycles. The molecule has 0 N–H and O–H groups in total. The Morgan fingerprint density at radius 2 is 1.49 bits per heavy atom. The predicted octanol–water partition coefficient (Wildman–Crippen LogP) is 2.81. The van der Waals surface area contributed by atoms with Crippen LogP contribution in [0.4, 0.5) is 15.3 Å². The second kappa shape index (κ2) is 10.0. The number of benzene rings is 2. The van der Waals surface area contributed by atoms with E-state index >= 15 is 0 Å². The topological polar surface area (TPSA) is 115 Å². The molecule has 2 fully saturated rings. The predicted molar refractivity (Wildman–Crippen MR) is 138 cm³/mol. The third-order valence-electron chi connectivity index (χ3n) is 6.36. The molecule has 2 aromatic carbocycles. The van der Waals surface area contributed by atoms with E-state index < -0.39 is 28.3 Å². The summed E-state index contributed by atoms with van der Waals surface area (Å²) >= 11 is 1.76. The van der Waals surface area contributed by atoms with Crippen molar-refractivity contribution < 1.29 is 28.8 Å². The van der Waals surface area contributed by atoms with Crippen LogP contribution in [-0.2, 0) is 9.59 Å². The zero-order valence-corrected chi connectivity index (χ0v) is 21.4. The number of hydrogen-bond donors (Lipinski definition) is 0. The van der Waals surface area contributed by atoms with E-state index in [2.05, 4.69) is 0 Å². The highest BCUT2D eigenvalue weighted by Crippen LogP contribution is 2.34. The van der Waals surface area contributed by atoms with Crippen molar-refractivity contribution in [1.82, 2.24) is 14.7 Å². The van der Waals surface area contributed by atoms with Crippen molar-refractivity contribution in [3.8, 4) is 0 Å². The van der Waals surface area contributed by atoms with E-state index in [9.17, 15) is 28.8 Å². The summed E-state index contributed by atoms with van der Waals surface area (Å²) in [6, 6.07) is 13.9. The Bertz CT molecular complexity index is 1300. The first-order chi connectivity index (χ1) is 17.8. The number of fused-ring (bicyclic) bond motifs is 1. The number of carbonyl (C=O) groups is 6. The lowest BCUT2D eigenvalue weighted by molar-refractivity contribution is -0.126. The molecule has 3 aliphatic heterocycles. The number of imide groups is 3. The SMILES string of the molecule is Cc1cccc(N(CCN2C(=O)CSC2=O)[C@@H]2SC(=O)N(CCN3C(=O)c4ccccc4C3=O)C2=O)c1. The van der Waals surface area contributed by atoms with Crippen LogP contribution in [0.15, 0.2) is 48.5 Å². The summed E-state index contributed by atoms with van der Waals surface area (Å²) in [5.74, 6) is -1.60. The second-order valence-corrected chi connectivity index (χ2v) is 10.6. The van der Waals surface area contributed by atoms with Crippen molar-refractivity contribution in [3.05, 3.63) is 65.2 Å². The highest BCUT2D eigenvalue weighted by molar-refractivity contribution is 8.15. The van der Waals surface area contributed by atoms with E-state index in [1.54, 1.807) is 35.2 Å². The van der Waals surface area contributed by atoms with Gasteiger partial charge in [-0.25, -0.2) is 0 Å². The molecule has 0 radical (unpaired) electrons. The Labute approximate surface area is 220 Å². The fourth-order valence-corrected chi connectivity index (χ4v) is 6.30. The zero-order valence-electron chi connectivity index (χ0n) is 19.8. The number of nitrogens with zero attached hydrogens (tertiary/aromatic N) is 4. The Morgan fingerprint density at radius 1 is 0.811 bits per heavy atom. The molecule has 2 saturated heterocycles. The number of carbonyl (C=O) groups excluding carboxylic acids is 6. The van der Waals surface area contributed by atoms with Crippen LogP contribution >= 0.6 is 23.5 Å². The van der Waals surface area contributed by atoms with Gasteiger partial charge in [0.1, 0.15) is 0 Å². The quantitative estimate of drug-likeness (QED) is 0.468. The van der Waals surface area contributed by atoms with E-state index in [-0.39, 0.29) is 43.1 Å². The maximum absolute atomic E-state index is 13.4. The van der Waals surface area contributed by atoms with Crippen LogP contribution in [0.1, 0.15) is 26.3 Å². The van der Waals surface area contributed by atoms with Crippen LogP contribution in [0.3, 0.4) is 0 Å². The van der Waals surface area contributed by atoms with Gasteiger partial charge in [0, 0.05) is 31.9 Å². The molecule has 37 heavy (non-hydrogen) atoms. The standard InChI is InChI=1S/C25H22N4O6S2/c1-15-5-4-6-16(13-15)26(9-10-27-19(30)14-36-24(27)34)23-22(33)29(25(35)37-23)12-11-28-20(31)17-7-2-3-8-18(17)21(28)32/h2-8,13,23H,9-12,14H2,1H3/t23-/m1/s1. The lowest BCUT2D eigenvalue weighted by atomic mass is 10.1. The first-order valence-corrected chi connectivity index (χ1v) is 13.4. The number of hydrogen-bond acceptors (Lipinski definition) is 9. The Kier molecular flexibility index (Phi) is 6.78. The maximum atomic E-state index is 13.4. The highest BCUT2D eigenvalue weighted by Gasteiger charge is 2.45. The summed E-state index contributed by atoms with van der Waals surface area (Å²) in [5.41, 5.74) is 2.21. The Hall–Kier alpha value is -3.64. The Balaban J connectivity index is 1.32. The van der Waals surface area contributed by atoms with Crippen LogP contribution in [-0.4, -0.2) is 86.1 Å². The molecule has 0 saturated carbocycles. The number of anilines is 1. The number of rotatable bonds is 8. The monoisotopic (exact) mass is 538 g/mol. The number of aryl methyl sites for hydroxylation is 1. The van der Waals surface area contributed by atoms with Crippen molar-refractivity contribution in [2.45, 2.75) is 12.3 Å². The molecule has 3 aliphatic rings. The fourth-order valence-electron chi connectivity index (χ4n) is 4.47. The van der Waals surface area contributed by atoms with Crippen molar-refractivity contribution in [2.75, 3.05) is 36.8 Å². The van der Waals surface area contributed by atoms with Gasteiger partial charge in [-0.3, -0.25) is 43.5 Å². The first kappa shape index (κ1) is 25.0. The van der Waals surface area contributed by atoms with Crippen LogP contribution < -0.4 is 4.90 Å². The van der Waals surface area contributed by atoms with Crippen molar-refractivity contribution >= 4 is 63.3 Å². The summed E-state index contributed by atoms with van der Waals surface area (Å²) < 4.78 is 0. The smallest absolute Gasteiger partial charge is 0.290 e. The molecule has 1 atom stereocenters. The normalized spacial score (nSPS) is 19.5. The van der Waals surface area contributed by atoms with Gasteiger partial charge in [-0.05, 0) is 48.5 Å². The lowest BCUT2D eigenvalue weighted by Crippen LogP contribution is -2.47. The second-order valence-electron chi connectivity index (χ2n) is 8.67. The zero-order chi connectivity index (χ0) is 26.3. The molecule has 5 rings (SSSR count). The van der Waals surface area contributed by atoms with Gasteiger partial charge >= 0.3 is 0 Å². The number of amides is 6. The van der Waals surface area contributed by atoms with Crippen molar-refractivity contribution in [2.24, 2.45) is 0 Å². The third-order valence-corrected chi connectivity index (χ3v) is 8.32. The van der Waals surface area contributed by atoms with Gasteiger partial charge in [0.15, 0.2) is 5.37 Å². The molecule has 0 aromatic heterocycles. The Morgan fingerprint density at radius 3 is 2.11 bits per heavy atom. The summed E-state index contributed by atoms with van der Waals surface area (Å²) in [7, 11) is 0. The molecular weight excluding hydrogens is 516 g/mol. The first-order valence-electron chi connectivity index (χ1n) is 11.5. The molecule has 12 heteroatoms. The minimum absolute atomic E-state index is 0.0756. The molecule has 6 amide bonds. The van der Waals surface area contributed by atoms with E-state index in [1.807, 2.05) is 25.1 Å². The van der Waals surface area contributed by atoms with Crippen LogP contribution in [0, 0.1) is 6.92 Å². The largest absolute Gasteiger partial charge is 0.349 e. The maximum Gasteiger partial charge on any atom is 0.290 e. The van der Waals surface area contributed by atoms with Gasteiger partial charge in [-0.2, -0.15) is 0 Å². The highest BCUT2D eigenvalue weighted by atomic mass is 32.2. The van der Waals surface area contributed by atoms with Crippen LogP contribution in [0.2, 0.25) is 0 Å². The fraction of sp³-hybridized carbons (Fsp3) is 0.280. The third kappa shape index (κ3) is 4.62. The summed E-state index contributed by atoms with van der Waals surface area (Å²) in [6.45, 7) is 1.88. The van der Waals surface area contributed by atoms with E-state index in [0.717, 1.165) is 43.8 Å². The van der Waals surface area contributed by atoms with Crippen molar-refractivity contribution in [1.29, 1.82) is 0 Å². The minimum atomic E-state index is -0.920. The molecule has 0 spiro atoms. The molecule has 0 aliphatic carbocycles. The van der Waals surface area contributed by atoms with Gasteiger partial charge in [0.05, 0.1) is 16.9 Å². The van der Waals surface area contributed by atoms with Gasteiger partial charge in [-0.1, -0.05) is 36.0 Å². The van der Waals surface area contributed by atoms with Gasteiger partial charge in [0.2, 0.25) is 5.91 Å². The molecular formula is C25H22N4O6S2. The summed E-state index contributed by atoms with van der Waals surface area (Å²) in [4.78, 5) is 80.8. The molecule has 190 valence electrons. The molecule has 0 unspecified atom stereocenters.